The molecule has 14 heavy (non-hydrogen) atoms. The zero-order valence-corrected chi connectivity index (χ0v) is 9.24. The fraction of sp³-hybridized carbons (Fsp3) is 0.727. The van der Waals surface area contributed by atoms with Crippen molar-refractivity contribution in [1.82, 2.24) is 9.55 Å². The quantitative estimate of drug-likeness (QED) is 0.709. The highest BCUT2D eigenvalue weighted by Crippen LogP contribution is 2.10. The second-order valence-corrected chi connectivity index (χ2v) is 3.86. The second-order valence-electron chi connectivity index (χ2n) is 3.86. The molecule has 1 heterocycles. The van der Waals surface area contributed by atoms with E-state index in [-0.39, 0.29) is 6.04 Å². The molecule has 80 valence electrons. The average Bonchev–Trinajstić information content (AvgIpc) is 2.60. The van der Waals surface area contributed by atoms with Gasteiger partial charge in [-0.25, -0.2) is 4.98 Å². The van der Waals surface area contributed by atoms with Gasteiger partial charge in [0, 0.05) is 18.8 Å². The van der Waals surface area contributed by atoms with Crippen LogP contribution in [0.4, 0.5) is 0 Å². The van der Waals surface area contributed by atoms with Crippen molar-refractivity contribution in [3.05, 3.63) is 18.2 Å². The molecule has 0 unspecified atom stereocenters. The van der Waals surface area contributed by atoms with Gasteiger partial charge in [0.25, 0.3) is 0 Å². The van der Waals surface area contributed by atoms with E-state index in [9.17, 15) is 0 Å². The van der Waals surface area contributed by atoms with E-state index in [2.05, 4.69) is 16.5 Å². The third kappa shape index (κ3) is 3.14. The van der Waals surface area contributed by atoms with Crippen LogP contribution >= 0.6 is 0 Å². The molecule has 1 atom stereocenters. The molecular weight excluding hydrogens is 174 g/mol. The summed E-state index contributed by atoms with van der Waals surface area (Å²) in [5.74, 6) is 0. The van der Waals surface area contributed by atoms with E-state index < -0.39 is 0 Å². The third-order valence-electron chi connectivity index (χ3n) is 2.46. The summed E-state index contributed by atoms with van der Waals surface area (Å²) < 4.78 is 2.17. The molecule has 0 aliphatic rings. The molecule has 1 aromatic rings. The Balaban J connectivity index is 2.38. The summed E-state index contributed by atoms with van der Waals surface area (Å²) in [5, 5.41) is 0. The highest BCUT2D eigenvalue weighted by atomic mass is 15.1. The number of aromatic nitrogens is 2. The van der Waals surface area contributed by atoms with Crippen molar-refractivity contribution < 1.29 is 0 Å². The summed E-state index contributed by atoms with van der Waals surface area (Å²) in [5.41, 5.74) is 6.97. The van der Waals surface area contributed by atoms with Crippen LogP contribution in [0.25, 0.3) is 0 Å². The van der Waals surface area contributed by atoms with Crippen LogP contribution in [0.3, 0.4) is 0 Å². The highest BCUT2D eigenvalue weighted by Gasteiger charge is 2.05. The molecule has 3 nitrogen and oxygen atoms in total. The molecule has 0 saturated heterocycles. The van der Waals surface area contributed by atoms with E-state index >= 15 is 0 Å². The first-order valence-electron chi connectivity index (χ1n) is 5.51. The molecule has 0 saturated carbocycles. The van der Waals surface area contributed by atoms with E-state index in [1.165, 1.54) is 25.7 Å². The van der Waals surface area contributed by atoms with Gasteiger partial charge in [0.05, 0.1) is 12.0 Å². The largest absolute Gasteiger partial charge is 0.333 e. The van der Waals surface area contributed by atoms with Gasteiger partial charge in [0.1, 0.15) is 0 Å². The summed E-state index contributed by atoms with van der Waals surface area (Å²) in [4.78, 5) is 4.13. The van der Waals surface area contributed by atoms with Crippen LogP contribution in [0, 0.1) is 0 Å². The maximum atomic E-state index is 5.83. The number of hydrogen-bond donors (Lipinski definition) is 1. The van der Waals surface area contributed by atoms with E-state index in [0.29, 0.717) is 0 Å². The van der Waals surface area contributed by atoms with Gasteiger partial charge in [-0.1, -0.05) is 26.2 Å². The maximum absolute atomic E-state index is 5.83. The molecule has 3 heteroatoms. The first-order chi connectivity index (χ1) is 6.75. The Bertz CT molecular complexity index is 253. The lowest BCUT2D eigenvalue weighted by Crippen LogP contribution is -2.11. The van der Waals surface area contributed by atoms with Crippen LogP contribution < -0.4 is 5.73 Å². The van der Waals surface area contributed by atoms with Crippen molar-refractivity contribution in [2.45, 2.75) is 52.1 Å². The maximum Gasteiger partial charge on any atom is 0.0948 e. The van der Waals surface area contributed by atoms with Gasteiger partial charge in [0.15, 0.2) is 0 Å². The van der Waals surface area contributed by atoms with E-state index in [0.717, 1.165) is 12.2 Å². The first kappa shape index (κ1) is 11.2. The normalized spacial score (nSPS) is 13.1. The highest BCUT2D eigenvalue weighted by molar-refractivity contribution is 5.02. The predicted molar refractivity (Wildman–Crippen MR) is 59.0 cm³/mol. The molecule has 0 fully saturated rings. The molecule has 0 radical (unpaired) electrons. The van der Waals surface area contributed by atoms with Crippen molar-refractivity contribution in [2.24, 2.45) is 5.73 Å². The zero-order valence-electron chi connectivity index (χ0n) is 9.24. The van der Waals surface area contributed by atoms with Crippen LogP contribution in [-0.4, -0.2) is 9.55 Å². The minimum Gasteiger partial charge on any atom is -0.333 e. The lowest BCUT2D eigenvalue weighted by molar-refractivity contribution is 0.555. The first-order valence-corrected chi connectivity index (χ1v) is 5.51. The van der Waals surface area contributed by atoms with Gasteiger partial charge in [-0.15, -0.1) is 0 Å². The Morgan fingerprint density at radius 2 is 2.21 bits per heavy atom. The van der Waals surface area contributed by atoms with Crippen LogP contribution in [0.2, 0.25) is 0 Å². The minimum atomic E-state index is 0.0867. The fourth-order valence-electron chi connectivity index (χ4n) is 1.61. The Morgan fingerprint density at radius 1 is 1.43 bits per heavy atom. The number of nitrogens with zero attached hydrogens (tertiary/aromatic N) is 2. The molecule has 0 amide bonds. The molecule has 0 bridgehead atoms. The predicted octanol–water partition coefficient (Wildman–Crippen LogP) is 2.48. The molecule has 0 spiro atoms. The van der Waals surface area contributed by atoms with Crippen molar-refractivity contribution in [3.63, 3.8) is 0 Å². The Labute approximate surface area is 86.3 Å². The number of aryl methyl sites for hydroxylation is 1. The van der Waals surface area contributed by atoms with E-state index in [4.69, 9.17) is 5.73 Å². The third-order valence-corrected chi connectivity index (χ3v) is 2.46. The molecule has 1 aromatic heterocycles. The van der Waals surface area contributed by atoms with Crippen molar-refractivity contribution in [2.75, 3.05) is 0 Å². The van der Waals surface area contributed by atoms with Crippen molar-refractivity contribution in [3.8, 4) is 0 Å². The van der Waals surface area contributed by atoms with Crippen LogP contribution in [0.15, 0.2) is 12.5 Å². The van der Waals surface area contributed by atoms with Gasteiger partial charge in [-0.05, 0) is 13.3 Å². The monoisotopic (exact) mass is 195 g/mol. The lowest BCUT2D eigenvalue weighted by Gasteiger charge is -2.10. The molecule has 0 aromatic carbocycles. The molecule has 0 aliphatic heterocycles. The number of unbranched alkanes of at least 4 members (excludes halogenated alkanes) is 3. The van der Waals surface area contributed by atoms with Crippen LogP contribution in [0.5, 0.6) is 0 Å². The average molecular weight is 195 g/mol. The van der Waals surface area contributed by atoms with Crippen molar-refractivity contribution >= 4 is 0 Å². The standard InChI is InChI=1S/C11H21N3/c1-3-4-5-6-7-14-9-13-8-11(14)10(2)12/h8-10H,3-7,12H2,1-2H3/t10-/m1/s1. The molecule has 0 aliphatic carbocycles. The zero-order chi connectivity index (χ0) is 10.4. The van der Waals surface area contributed by atoms with Gasteiger partial charge in [-0.2, -0.15) is 0 Å². The lowest BCUT2D eigenvalue weighted by atomic mass is 10.2. The Kier molecular flexibility index (Phi) is 4.66. The minimum absolute atomic E-state index is 0.0867. The number of nitrogens with two attached hydrogens (primary N) is 1. The Hall–Kier alpha value is -0.830. The number of imidazole rings is 1. The second kappa shape index (κ2) is 5.81. The van der Waals surface area contributed by atoms with Gasteiger partial charge in [-0.3, -0.25) is 0 Å². The molecule has 1 rings (SSSR count). The molecule has 2 N–H and O–H groups in total. The Morgan fingerprint density at radius 3 is 2.86 bits per heavy atom. The summed E-state index contributed by atoms with van der Waals surface area (Å²) in [6.07, 6.45) is 8.87. The van der Waals surface area contributed by atoms with Gasteiger partial charge in [0.2, 0.25) is 0 Å². The topological polar surface area (TPSA) is 43.8 Å². The van der Waals surface area contributed by atoms with Gasteiger partial charge < -0.3 is 10.3 Å². The summed E-state index contributed by atoms with van der Waals surface area (Å²) in [6, 6.07) is 0.0867. The van der Waals surface area contributed by atoms with E-state index in [1.807, 2.05) is 19.4 Å². The number of hydrogen-bond acceptors (Lipinski definition) is 2. The summed E-state index contributed by atoms with van der Waals surface area (Å²) in [6.45, 7) is 5.28. The van der Waals surface area contributed by atoms with Gasteiger partial charge >= 0.3 is 0 Å². The van der Waals surface area contributed by atoms with Crippen molar-refractivity contribution in [1.29, 1.82) is 0 Å². The fourth-order valence-corrected chi connectivity index (χ4v) is 1.61. The molecular formula is C11H21N3. The summed E-state index contributed by atoms with van der Waals surface area (Å²) >= 11 is 0. The smallest absolute Gasteiger partial charge is 0.0948 e. The van der Waals surface area contributed by atoms with Crippen LogP contribution in [-0.2, 0) is 6.54 Å². The van der Waals surface area contributed by atoms with E-state index in [1.54, 1.807) is 0 Å². The SMILES string of the molecule is CCCCCCn1cncc1[C@@H](C)N. The number of rotatable bonds is 6. The van der Waals surface area contributed by atoms with Crippen LogP contribution in [0.1, 0.15) is 51.3 Å². The summed E-state index contributed by atoms with van der Waals surface area (Å²) in [7, 11) is 0.